The fourth-order valence-corrected chi connectivity index (χ4v) is 4.02. The van der Waals surface area contributed by atoms with Crippen molar-refractivity contribution in [1.29, 1.82) is 0 Å². The van der Waals surface area contributed by atoms with Gasteiger partial charge in [-0.1, -0.05) is 12.1 Å². The van der Waals surface area contributed by atoms with E-state index in [4.69, 9.17) is 4.74 Å². The first-order valence-electron chi connectivity index (χ1n) is 10.3. The maximum atomic E-state index is 12.9. The molecule has 1 saturated heterocycles. The first kappa shape index (κ1) is 20.9. The number of rotatable bonds is 2. The van der Waals surface area contributed by atoms with Gasteiger partial charge in [0.15, 0.2) is 0 Å². The number of nitrogens with zero attached hydrogens (tertiary/aromatic N) is 3. The number of carbonyl (C=O) groups excluding carboxylic acids is 3. The van der Waals surface area contributed by atoms with E-state index >= 15 is 0 Å². The van der Waals surface area contributed by atoms with Gasteiger partial charge in [0.2, 0.25) is 11.8 Å². The van der Waals surface area contributed by atoms with E-state index in [2.05, 4.69) is 5.32 Å². The second-order valence-electron chi connectivity index (χ2n) is 8.97. The van der Waals surface area contributed by atoms with Crippen molar-refractivity contribution in [3.8, 4) is 0 Å². The third kappa shape index (κ3) is 3.87. The van der Waals surface area contributed by atoms with Gasteiger partial charge in [0.1, 0.15) is 11.6 Å². The highest BCUT2D eigenvalue weighted by Gasteiger charge is 2.31. The zero-order chi connectivity index (χ0) is 22.5. The van der Waals surface area contributed by atoms with Crippen LogP contribution < -0.4 is 11.0 Å². The van der Waals surface area contributed by atoms with E-state index in [1.807, 2.05) is 45.0 Å². The Kier molecular flexibility index (Phi) is 4.99. The number of piperidine rings is 1. The molecular weight excluding hydrogens is 400 g/mol. The molecule has 164 valence electrons. The van der Waals surface area contributed by atoms with Crippen LogP contribution in [0.25, 0.3) is 16.6 Å². The molecule has 2 aromatic rings. The number of imidazole rings is 1. The van der Waals surface area contributed by atoms with E-state index in [1.165, 1.54) is 9.13 Å². The van der Waals surface area contributed by atoms with Crippen molar-refractivity contribution in [3.05, 3.63) is 40.3 Å². The normalized spacial score (nSPS) is 19.5. The number of imide groups is 1. The molecule has 3 heterocycles. The zero-order valence-electron chi connectivity index (χ0n) is 18.1. The summed E-state index contributed by atoms with van der Waals surface area (Å²) in [5, 5.41) is 2.31. The molecule has 1 atom stereocenters. The SMILES string of the molecule is Cn1c(=O)n(C2CCC(=O)NC2=O)c2ccc(C3=CCN(C(=O)OC(C)(C)C)C3)cc21. The molecule has 4 rings (SSSR count). The Bertz CT molecular complexity index is 1180. The minimum Gasteiger partial charge on any atom is -0.444 e. The van der Waals surface area contributed by atoms with Crippen molar-refractivity contribution >= 4 is 34.5 Å². The molecule has 9 nitrogen and oxygen atoms in total. The summed E-state index contributed by atoms with van der Waals surface area (Å²) in [5.41, 5.74) is 2.31. The summed E-state index contributed by atoms with van der Waals surface area (Å²) < 4.78 is 8.40. The van der Waals surface area contributed by atoms with Gasteiger partial charge in [-0.15, -0.1) is 0 Å². The molecular formula is C22H26N4O5. The Balaban J connectivity index is 1.62. The van der Waals surface area contributed by atoms with Crippen LogP contribution in [0, 0.1) is 0 Å². The van der Waals surface area contributed by atoms with Crippen LogP contribution in [-0.4, -0.2) is 50.6 Å². The lowest BCUT2D eigenvalue weighted by Crippen LogP contribution is -2.44. The monoisotopic (exact) mass is 426 g/mol. The van der Waals surface area contributed by atoms with Gasteiger partial charge in [0.05, 0.1) is 11.0 Å². The molecule has 0 saturated carbocycles. The van der Waals surface area contributed by atoms with Crippen molar-refractivity contribution in [2.24, 2.45) is 7.05 Å². The van der Waals surface area contributed by atoms with E-state index in [0.717, 1.165) is 11.1 Å². The first-order chi connectivity index (χ1) is 14.5. The van der Waals surface area contributed by atoms with Crippen molar-refractivity contribution in [2.75, 3.05) is 13.1 Å². The predicted octanol–water partition coefficient (Wildman–Crippen LogP) is 1.95. The van der Waals surface area contributed by atoms with E-state index in [-0.39, 0.29) is 24.1 Å². The molecule has 3 amide bonds. The second kappa shape index (κ2) is 7.40. The summed E-state index contributed by atoms with van der Waals surface area (Å²) in [7, 11) is 1.66. The number of hydrogen-bond acceptors (Lipinski definition) is 5. The molecule has 1 aromatic heterocycles. The summed E-state index contributed by atoms with van der Waals surface area (Å²) >= 11 is 0. The number of benzene rings is 1. The van der Waals surface area contributed by atoms with Crippen LogP contribution in [0.3, 0.4) is 0 Å². The molecule has 0 aliphatic carbocycles. The third-order valence-electron chi connectivity index (χ3n) is 5.55. The summed E-state index contributed by atoms with van der Waals surface area (Å²) in [4.78, 5) is 50.7. The average molecular weight is 426 g/mol. The molecule has 0 spiro atoms. The Morgan fingerprint density at radius 3 is 2.58 bits per heavy atom. The van der Waals surface area contributed by atoms with Gasteiger partial charge < -0.3 is 9.64 Å². The average Bonchev–Trinajstić information content (AvgIpc) is 3.26. The van der Waals surface area contributed by atoms with Crippen LogP contribution in [0.4, 0.5) is 4.79 Å². The lowest BCUT2D eigenvalue weighted by Gasteiger charge is -2.24. The maximum absolute atomic E-state index is 12.9. The van der Waals surface area contributed by atoms with Crippen LogP contribution in [-0.2, 0) is 21.4 Å². The van der Waals surface area contributed by atoms with Gasteiger partial charge in [-0.2, -0.15) is 0 Å². The molecule has 2 aliphatic heterocycles. The molecule has 31 heavy (non-hydrogen) atoms. The topological polar surface area (TPSA) is 103 Å². The third-order valence-corrected chi connectivity index (χ3v) is 5.55. The molecule has 1 fully saturated rings. The molecule has 2 aliphatic rings. The van der Waals surface area contributed by atoms with Gasteiger partial charge in [-0.3, -0.25) is 24.0 Å². The Hall–Kier alpha value is -3.36. The lowest BCUT2D eigenvalue weighted by atomic mass is 10.0. The van der Waals surface area contributed by atoms with Crippen molar-refractivity contribution in [1.82, 2.24) is 19.4 Å². The van der Waals surface area contributed by atoms with Gasteiger partial charge in [0.25, 0.3) is 0 Å². The number of amides is 3. The molecule has 1 N–H and O–H groups in total. The van der Waals surface area contributed by atoms with Crippen LogP contribution in [0.2, 0.25) is 0 Å². The number of hydrogen-bond donors (Lipinski definition) is 1. The summed E-state index contributed by atoms with van der Waals surface area (Å²) in [6.45, 7) is 6.37. The van der Waals surface area contributed by atoms with Gasteiger partial charge in [0, 0.05) is 26.6 Å². The largest absolute Gasteiger partial charge is 0.444 e. The summed E-state index contributed by atoms with van der Waals surface area (Å²) in [6.07, 6.45) is 2.10. The van der Waals surface area contributed by atoms with E-state index < -0.39 is 17.6 Å². The van der Waals surface area contributed by atoms with Gasteiger partial charge >= 0.3 is 11.8 Å². The molecule has 1 aromatic carbocycles. The lowest BCUT2D eigenvalue weighted by molar-refractivity contribution is -0.135. The number of aryl methyl sites for hydroxylation is 1. The molecule has 9 heteroatoms. The Morgan fingerprint density at radius 2 is 1.90 bits per heavy atom. The zero-order valence-corrected chi connectivity index (χ0v) is 18.1. The maximum Gasteiger partial charge on any atom is 0.410 e. The van der Waals surface area contributed by atoms with Gasteiger partial charge in [-0.25, -0.2) is 9.59 Å². The van der Waals surface area contributed by atoms with Crippen LogP contribution >= 0.6 is 0 Å². The first-order valence-corrected chi connectivity index (χ1v) is 10.3. The van der Waals surface area contributed by atoms with E-state index in [9.17, 15) is 19.2 Å². The van der Waals surface area contributed by atoms with Crippen molar-refractivity contribution < 1.29 is 19.1 Å². The second-order valence-corrected chi connectivity index (χ2v) is 8.97. The van der Waals surface area contributed by atoms with E-state index in [0.29, 0.717) is 30.5 Å². The highest BCUT2D eigenvalue weighted by atomic mass is 16.6. The minimum atomic E-state index is -0.715. The highest BCUT2D eigenvalue weighted by molar-refractivity contribution is 6.00. The van der Waals surface area contributed by atoms with Crippen molar-refractivity contribution in [2.45, 2.75) is 45.3 Å². The Labute approximate surface area is 179 Å². The van der Waals surface area contributed by atoms with Gasteiger partial charge in [-0.05, 0) is 50.5 Å². The number of carbonyl (C=O) groups is 3. The van der Waals surface area contributed by atoms with Crippen LogP contribution in [0.1, 0.15) is 45.2 Å². The summed E-state index contributed by atoms with van der Waals surface area (Å²) in [5.74, 6) is -0.777. The highest BCUT2D eigenvalue weighted by Crippen LogP contribution is 2.28. The number of ether oxygens (including phenoxy) is 1. The quantitative estimate of drug-likeness (QED) is 0.740. The number of aromatic nitrogens is 2. The fourth-order valence-electron chi connectivity index (χ4n) is 4.02. The predicted molar refractivity (Wildman–Crippen MR) is 114 cm³/mol. The van der Waals surface area contributed by atoms with Crippen molar-refractivity contribution in [3.63, 3.8) is 0 Å². The molecule has 0 bridgehead atoms. The number of fused-ring (bicyclic) bond motifs is 1. The smallest absolute Gasteiger partial charge is 0.410 e. The molecule has 1 unspecified atom stereocenters. The van der Waals surface area contributed by atoms with E-state index in [1.54, 1.807) is 11.9 Å². The molecule has 0 radical (unpaired) electrons. The minimum absolute atomic E-state index is 0.199. The standard InChI is InChI=1S/C22H26N4O5/c1-22(2,3)31-21(30)25-10-9-14(12-25)13-5-6-15-17(11-13)24(4)20(29)26(15)16-7-8-18(27)23-19(16)28/h5-6,9,11,16H,7-8,10,12H2,1-4H3,(H,23,27,28). The fraction of sp³-hybridized carbons (Fsp3) is 0.455. The number of nitrogens with one attached hydrogen (secondary N) is 1. The van der Waals surface area contributed by atoms with Crippen LogP contribution in [0.5, 0.6) is 0 Å². The Morgan fingerprint density at radius 1 is 1.16 bits per heavy atom. The summed E-state index contributed by atoms with van der Waals surface area (Å²) in [6, 6.07) is 4.87. The van der Waals surface area contributed by atoms with Crippen LogP contribution in [0.15, 0.2) is 29.1 Å².